The number of nitrogens with one attached hydrogen (secondary N) is 1. The highest BCUT2D eigenvalue weighted by atomic mass is 19.4. The van der Waals surface area contributed by atoms with Crippen molar-refractivity contribution in [2.75, 3.05) is 23.7 Å². The van der Waals surface area contributed by atoms with Crippen molar-refractivity contribution < 1.29 is 18.0 Å². The predicted molar refractivity (Wildman–Crippen MR) is 108 cm³/mol. The van der Waals surface area contributed by atoms with E-state index in [9.17, 15) is 18.0 Å². The molecule has 1 amide bonds. The fraction of sp³-hybridized carbons (Fsp3) is 0.238. The fourth-order valence-electron chi connectivity index (χ4n) is 4.19. The van der Waals surface area contributed by atoms with E-state index in [1.807, 2.05) is 11.0 Å². The Kier molecular flexibility index (Phi) is 4.17. The minimum absolute atomic E-state index is 0.156. The summed E-state index contributed by atoms with van der Waals surface area (Å²) in [5.41, 5.74) is 6.74. The summed E-state index contributed by atoms with van der Waals surface area (Å²) in [4.78, 5) is 18.9. The van der Waals surface area contributed by atoms with Gasteiger partial charge in [-0.1, -0.05) is 0 Å². The highest BCUT2D eigenvalue weighted by molar-refractivity contribution is 6.01. The molecule has 3 aromatic rings. The summed E-state index contributed by atoms with van der Waals surface area (Å²) in [6.45, 7) is 0.872. The van der Waals surface area contributed by atoms with Gasteiger partial charge in [-0.2, -0.15) is 28.2 Å². The lowest BCUT2D eigenvalue weighted by Crippen LogP contribution is -2.73. The number of halogens is 3. The van der Waals surface area contributed by atoms with E-state index in [1.165, 1.54) is 23.0 Å². The average Bonchev–Trinajstić information content (AvgIpc) is 3.08. The molecule has 32 heavy (non-hydrogen) atoms. The van der Waals surface area contributed by atoms with Gasteiger partial charge < -0.3 is 16.0 Å². The molecule has 0 unspecified atom stereocenters. The highest BCUT2D eigenvalue weighted by Gasteiger charge is 2.49. The second-order valence-corrected chi connectivity index (χ2v) is 7.95. The Bertz CT molecular complexity index is 1250. The molecule has 162 valence electrons. The van der Waals surface area contributed by atoms with Crippen LogP contribution in [0.3, 0.4) is 0 Å². The summed E-state index contributed by atoms with van der Waals surface area (Å²) >= 11 is 0. The quantitative estimate of drug-likeness (QED) is 0.634. The van der Waals surface area contributed by atoms with Crippen LogP contribution in [0.25, 0.3) is 5.82 Å². The van der Waals surface area contributed by atoms with E-state index in [1.54, 1.807) is 12.1 Å². The highest BCUT2D eigenvalue weighted by Crippen LogP contribution is 2.37. The molecule has 0 aliphatic carbocycles. The Morgan fingerprint density at radius 2 is 1.88 bits per heavy atom. The number of nitrogens with zero attached hydrogens (tertiary/aromatic N) is 5. The number of hydrogen-bond acceptors (Lipinski definition) is 6. The van der Waals surface area contributed by atoms with Crippen LogP contribution >= 0.6 is 0 Å². The fourth-order valence-corrected chi connectivity index (χ4v) is 4.19. The maximum atomic E-state index is 12.8. The van der Waals surface area contributed by atoms with E-state index in [0.717, 1.165) is 12.1 Å². The van der Waals surface area contributed by atoms with E-state index < -0.39 is 17.3 Å². The second-order valence-electron chi connectivity index (χ2n) is 7.95. The van der Waals surface area contributed by atoms with Crippen LogP contribution in [0.1, 0.15) is 27.2 Å². The lowest BCUT2D eigenvalue weighted by Gasteiger charge is -2.52. The molecular formula is C21H16F3N7O. The van der Waals surface area contributed by atoms with Gasteiger partial charge in [0.05, 0.1) is 22.4 Å². The molecule has 4 heterocycles. The number of nitriles is 1. The molecule has 1 aromatic carbocycles. The van der Waals surface area contributed by atoms with E-state index >= 15 is 0 Å². The maximum absolute atomic E-state index is 12.8. The lowest BCUT2D eigenvalue weighted by molar-refractivity contribution is -0.137. The Hall–Kier alpha value is -4.07. The van der Waals surface area contributed by atoms with Gasteiger partial charge in [0.2, 0.25) is 0 Å². The van der Waals surface area contributed by atoms with Crippen molar-refractivity contribution in [3.8, 4) is 11.9 Å². The second kappa shape index (κ2) is 6.71. The number of amides is 1. The molecule has 0 saturated carbocycles. The summed E-state index contributed by atoms with van der Waals surface area (Å²) in [5.74, 6) is 0.192. The molecule has 1 spiro atoms. The first-order chi connectivity index (χ1) is 15.2. The number of nitrogen functional groups attached to an aromatic ring is 1. The maximum Gasteiger partial charge on any atom is 0.416 e. The Labute approximate surface area is 180 Å². The normalized spacial score (nSPS) is 16.8. The first-order valence-corrected chi connectivity index (χ1v) is 9.68. The van der Waals surface area contributed by atoms with Gasteiger partial charge in [0, 0.05) is 31.4 Å². The van der Waals surface area contributed by atoms with E-state index in [0.29, 0.717) is 42.3 Å². The summed E-state index contributed by atoms with van der Waals surface area (Å²) in [5, 5.41) is 16.4. The predicted octanol–water partition coefficient (Wildman–Crippen LogP) is 2.28. The third kappa shape index (κ3) is 3.11. The molecule has 2 aliphatic heterocycles. The molecule has 1 fully saturated rings. The Balaban J connectivity index is 1.36. The number of nitrogens with two attached hydrogens (primary N) is 1. The summed E-state index contributed by atoms with van der Waals surface area (Å²) in [6, 6.07) is 10.1. The zero-order chi connectivity index (χ0) is 22.7. The van der Waals surface area contributed by atoms with Crippen molar-refractivity contribution in [2.24, 2.45) is 0 Å². The van der Waals surface area contributed by atoms with Crippen LogP contribution in [0.5, 0.6) is 0 Å². The van der Waals surface area contributed by atoms with Gasteiger partial charge in [-0.25, -0.2) is 4.98 Å². The van der Waals surface area contributed by atoms with Crippen LogP contribution < -0.4 is 16.0 Å². The summed E-state index contributed by atoms with van der Waals surface area (Å²) in [6.07, 6.45) is -2.56. The molecule has 1 saturated heterocycles. The van der Waals surface area contributed by atoms with Crippen molar-refractivity contribution in [1.82, 2.24) is 20.1 Å². The number of fused-ring (bicyclic) bond motifs is 1. The van der Waals surface area contributed by atoms with E-state index in [2.05, 4.69) is 15.4 Å². The number of aromatic nitrogens is 3. The van der Waals surface area contributed by atoms with Gasteiger partial charge in [-0.15, -0.1) is 0 Å². The van der Waals surface area contributed by atoms with Crippen molar-refractivity contribution in [2.45, 2.75) is 18.1 Å². The van der Waals surface area contributed by atoms with Crippen molar-refractivity contribution >= 4 is 17.4 Å². The van der Waals surface area contributed by atoms with Gasteiger partial charge in [0.15, 0.2) is 5.82 Å². The third-order valence-electron chi connectivity index (χ3n) is 5.75. The van der Waals surface area contributed by atoms with Crippen LogP contribution in [-0.4, -0.2) is 39.3 Å². The van der Waals surface area contributed by atoms with Crippen LogP contribution in [0, 0.1) is 11.3 Å². The molecule has 2 aromatic heterocycles. The molecule has 0 atom stereocenters. The van der Waals surface area contributed by atoms with Gasteiger partial charge >= 0.3 is 6.18 Å². The van der Waals surface area contributed by atoms with Crippen LogP contribution in [0.2, 0.25) is 0 Å². The lowest BCUT2D eigenvalue weighted by atomic mass is 9.80. The van der Waals surface area contributed by atoms with Crippen molar-refractivity contribution in [3.63, 3.8) is 0 Å². The smallest absolute Gasteiger partial charge is 0.383 e. The Morgan fingerprint density at radius 3 is 2.47 bits per heavy atom. The van der Waals surface area contributed by atoms with Gasteiger partial charge in [-0.3, -0.25) is 4.79 Å². The Morgan fingerprint density at radius 1 is 1.16 bits per heavy atom. The van der Waals surface area contributed by atoms with Crippen molar-refractivity contribution in [3.05, 3.63) is 65.0 Å². The number of benzene rings is 1. The largest absolute Gasteiger partial charge is 0.416 e. The van der Waals surface area contributed by atoms with E-state index in [-0.39, 0.29) is 17.3 Å². The third-order valence-corrected chi connectivity index (χ3v) is 5.75. The number of rotatable bonds is 2. The molecular weight excluding hydrogens is 423 g/mol. The first-order valence-electron chi connectivity index (χ1n) is 9.68. The van der Waals surface area contributed by atoms with E-state index in [4.69, 9.17) is 11.0 Å². The SMILES string of the molecule is N#Cc1ccc(-n2nc3c(c2N)C(=O)NC2(C3)CN(c3ccc(C(F)(F)F)cc3)C2)nc1. The topological polar surface area (TPSA) is 113 Å². The zero-order valence-electron chi connectivity index (χ0n) is 16.5. The average molecular weight is 439 g/mol. The molecule has 2 aliphatic rings. The number of carbonyl (C=O) groups excluding carboxylic acids is 1. The number of pyridine rings is 1. The molecule has 0 bridgehead atoms. The monoisotopic (exact) mass is 439 g/mol. The molecule has 8 nitrogen and oxygen atoms in total. The van der Waals surface area contributed by atoms with Crippen LogP contribution in [0.15, 0.2) is 42.6 Å². The summed E-state index contributed by atoms with van der Waals surface area (Å²) in [7, 11) is 0. The molecule has 0 radical (unpaired) electrons. The van der Waals surface area contributed by atoms with Crippen molar-refractivity contribution in [1.29, 1.82) is 5.26 Å². The standard InChI is InChI=1S/C21H16F3N7O/c22-21(23,24)13-2-4-14(5-3-13)30-10-20(11-30)7-15-17(19(32)28-20)18(26)31(29-15)16-6-1-12(8-25)9-27-16/h1-6,9H,7,10-11,26H2,(H,28,32). The van der Waals surface area contributed by atoms with Crippen LogP contribution in [0.4, 0.5) is 24.7 Å². The molecule has 3 N–H and O–H groups in total. The van der Waals surface area contributed by atoms with Gasteiger partial charge in [-0.05, 0) is 36.4 Å². The number of alkyl halides is 3. The zero-order valence-corrected chi connectivity index (χ0v) is 16.5. The minimum Gasteiger partial charge on any atom is -0.383 e. The molecule has 11 heteroatoms. The van der Waals surface area contributed by atoms with Gasteiger partial charge in [0.25, 0.3) is 5.91 Å². The first kappa shape index (κ1) is 19.9. The van der Waals surface area contributed by atoms with Gasteiger partial charge in [0.1, 0.15) is 17.5 Å². The number of hydrogen-bond donors (Lipinski definition) is 2. The molecule has 5 rings (SSSR count). The number of carbonyl (C=O) groups is 1. The van der Waals surface area contributed by atoms with Crippen LogP contribution in [-0.2, 0) is 12.6 Å². The minimum atomic E-state index is -4.38. The summed E-state index contributed by atoms with van der Waals surface area (Å²) < 4.78 is 39.7. The number of anilines is 2.